The first kappa shape index (κ1) is 11.4. The van der Waals surface area contributed by atoms with Gasteiger partial charge in [-0.15, -0.1) is 11.8 Å². The summed E-state index contributed by atoms with van der Waals surface area (Å²) in [5.74, 6) is 0.171. The number of hydrogen-bond acceptors (Lipinski definition) is 4. The highest BCUT2D eigenvalue weighted by Gasteiger charge is 2.01. The maximum absolute atomic E-state index is 11.1. The van der Waals surface area contributed by atoms with Crippen molar-refractivity contribution >= 4 is 23.4 Å². The summed E-state index contributed by atoms with van der Waals surface area (Å²) in [6, 6.07) is 9.14. The lowest BCUT2D eigenvalue weighted by Gasteiger charge is -2.01. The molecule has 0 aromatic heterocycles. The zero-order chi connectivity index (χ0) is 11.1. The molecule has 0 aliphatic carbocycles. The molecule has 0 saturated heterocycles. The number of nitriles is 1. The number of carbonyl (C=O) groups excluding carboxylic acids is 1. The third-order valence-corrected chi connectivity index (χ3v) is 2.63. The summed E-state index contributed by atoms with van der Waals surface area (Å²) >= 11 is 1.41. The first-order valence-corrected chi connectivity index (χ1v) is 5.33. The molecule has 1 aromatic carbocycles. The van der Waals surface area contributed by atoms with Crippen molar-refractivity contribution in [2.45, 2.75) is 4.90 Å². The maximum Gasteiger partial charge on any atom is 0.231 e. The van der Waals surface area contributed by atoms with E-state index in [2.05, 4.69) is 5.32 Å². The molecule has 1 amide bonds. The van der Waals surface area contributed by atoms with Crippen molar-refractivity contribution in [1.82, 2.24) is 5.32 Å². The van der Waals surface area contributed by atoms with E-state index in [9.17, 15) is 4.79 Å². The van der Waals surface area contributed by atoms with Crippen LogP contribution < -0.4 is 11.1 Å². The average molecular weight is 221 g/mol. The number of nitrogens with one attached hydrogen (secondary N) is 1. The average Bonchev–Trinajstić information content (AvgIpc) is 2.25. The molecular formula is C10H11N3OS. The van der Waals surface area contributed by atoms with E-state index in [0.29, 0.717) is 11.4 Å². The van der Waals surface area contributed by atoms with Crippen LogP contribution in [0.2, 0.25) is 0 Å². The number of hydrogen-bond donors (Lipinski definition) is 2. The number of benzene rings is 1. The molecular weight excluding hydrogens is 210 g/mol. The smallest absolute Gasteiger partial charge is 0.231 e. The summed E-state index contributed by atoms with van der Waals surface area (Å²) in [6.45, 7) is 0.0567. The van der Waals surface area contributed by atoms with Gasteiger partial charge in [0.2, 0.25) is 5.91 Å². The molecule has 0 atom stereocenters. The highest BCUT2D eigenvalue weighted by Crippen LogP contribution is 2.18. The van der Waals surface area contributed by atoms with E-state index in [1.54, 1.807) is 12.1 Å². The van der Waals surface area contributed by atoms with Gasteiger partial charge in [0.25, 0.3) is 0 Å². The standard InChI is InChI=1S/C10H11N3OS/c11-5-6-13-10(14)7-15-9-3-1-8(12)2-4-9/h1-4H,6-7,12H2,(H,13,14). The Bertz CT molecular complexity index is 369. The minimum atomic E-state index is -0.140. The number of thioether (sulfide) groups is 1. The van der Waals surface area contributed by atoms with Gasteiger partial charge in [0.15, 0.2) is 0 Å². The van der Waals surface area contributed by atoms with Crippen LogP contribution in [0.5, 0.6) is 0 Å². The van der Waals surface area contributed by atoms with E-state index in [0.717, 1.165) is 4.90 Å². The lowest BCUT2D eigenvalue weighted by atomic mass is 10.3. The number of carbonyl (C=O) groups is 1. The first-order valence-electron chi connectivity index (χ1n) is 4.34. The van der Waals surface area contributed by atoms with E-state index in [4.69, 9.17) is 11.0 Å². The Morgan fingerprint density at radius 3 is 2.73 bits per heavy atom. The van der Waals surface area contributed by atoms with Gasteiger partial charge in [-0.25, -0.2) is 0 Å². The van der Waals surface area contributed by atoms with Crippen LogP contribution in [0.4, 0.5) is 5.69 Å². The monoisotopic (exact) mass is 221 g/mol. The van der Waals surface area contributed by atoms with Gasteiger partial charge >= 0.3 is 0 Å². The topological polar surface area (TPSA) is 78.9 Å². The third-order valence-electron chi connectivity index (χ3n) is 1.61. The van der Waals surface area contributed by atoms with Crippen molar-refractivity contribution in [2.24, 2.45) is 0 Å². The SMILES string of the molecule is N#CCNC(=O)CSc1ccc(N)cc1. The molecule has 0 saturated carbocycles. The van der Waals surface area contributed by atoms with E-state index < -0.39 is 0 Å². The third kappa shape index (κ3) is 4.38. The number of rotatable bonds is 4. The molecule has 0 aliphatic rings. The molecule has 0 bridgehead atoms. The predicted octanol–water partition coefficient (Wildman–Crippen LogP) is 1.00. The molecule has 5 heteroatoms. The molecule has 1 aromatic rings. The van der Waals surface area contributed by atoms with Crippen LogP contribution in [-0.4, -0.2) is 18.2 Å². The van der Waals surface area contributed by atoms with Crippen LogP contribution in [0, 0.1) is 11.3 Å². The lowest BCUT2D eigenvalue weighted by Crippen LogP contribution is -2.25. The van der Waals surface area contributed by atoms with Gasteiger partial charge in [-0.2, -0.15) is 5.26 Å². The summed E-state index contributed by atoms with van der Waals surface area (Å²) in [4.78, 5) is 12.1. The number of anilines is 1. The fourth-order valence-electron chi connectivity index (χ4n) is 0.902. The molecule has 78 valence electrons. The van der Waals surface area contributed by atoms with Crippen molar-refractivity contribution in [3.63, 3.8) is 0 Å². The van der Waals surface area contributed by atoms with Gasteiger partial charge < -0.3 is 11.1 Å². The highest BCUT2D eigenvalue weighted by molar-refractivity contribution is 8.00. The second kappa shape index (κ2) is 5.94. The zero-order valence-corrected chi connectivity index (χ0v) is 8.88. The lowest BCUT2D eigenvalue weighted by molar-refractivity contribution is -0.118. The molecule has 15 heavy (non-hydrogen) atoms. The zero-order valence-electron chi connectivity index (χ0n) is 8.06. The summed E-state index contributed by atoms with van der Waals surface area (Å²) in [6.07, 6.45) is 0. The summed E-state index contributed by atoms with van der Waals surface area (Å²) in [5.41, 5.74) is 6.23. The van der Waals surface area contributed by atoms with Crippen LogP contribution in [0.15, 0.2) is 29.2 Å². The predicted molar refractivity (Wildman–Crippen MR) is 60.2 cm³/mol. The van der Waals surface area contributed by atoms with Crippen molar-refractivity contribution in [2.75, 3.05) is 18.0 Å². The van der Waals surface area contributed by atoms with Crippen molar-refractivity contribution in [1.29, 1.82) is 5.26 Å². The Morgan fingerprint density at radius 2 is 2.13 bits per heavy atom. The van der Waals surface area contributed by atoms with Gasteiger partial charge in [0.1, 0.15) is 6.54 Å². The van der Waals surface area contributed by atoms with Crippen molar-refractivity contribution in [3.05, 3.63) is 24.3 Å². The molecule has 3 N–H and O–H groups in total. The van der Waals surface area contributed by atoms with E-state index in [-0.39, 0.29) is 12.5 Å². The van der Waals surface area contributed by atoms with Gasteiger partial charge in [0, 0.05) is 10.6 Å². The maximum atomic E-state index is 11.1. The fraction of sp³-hybridized carbons (Fsp3) is 0.200. The van der Waals surface area contributed by atoms with Gasteiger partial charge in [0.05, 0.1) is 11.8 Å². The Kier molecular flexibility index (Phi) is 4.51. The number of nitrogen functional groups attached to an aromatic ring is 1. The Labute approximate surface area is 92.5 Å². The number of amides is 1. The normalized spacial score (nSPS) is 9.27. The molecule has 0 radical (unpaired) electrons. The molecule has 0 heterocycles. The van der Waals surface area contributed by atoms with Gasteiger partial charge in [-0.3, -0.25) is 4.79 Å². The summed E-state index contributed by atoms with van der Waals surface area (Å²) in [7, 11) is 0. The minimum absolute atomic E-state index is 0.0567. The second-order valence-corrected chi connectivity index (χ2v) is 3.84. The molecule has 1 rings (SSSR count). The quantitative estimate of drug-likeness (QED) is 0.451. The van der Waals surface area contributed by atoms with Gasteiger partial charge in [-0.1, -0.05) is 0 Å². The second-order valence-electron chi connectivity index (χ2n) is 2.79. The van der Waals surface area contributed by atoms with Crippen LogP contribution in [0.1, 0.15) is 0 Å². The number of nitrogens with two attached hydrogens (primary N) is 1. The van der Waals surface area contributed by atoms with Crippen molar-refractivity contribution < 1.29 is 4.79 Å². The van der Waals surface area contributed by atoms with Crippen LogP contribution in [-0.2, 0) is 4.79 Å². The van der Waals surface area contributed by atoms with Crippen LogP contribution >= 0.6 is 11.8 Å². The van der Waals surface area contributed by atoms with E-state index in [1.807, 2.05) is 18.2 Å². The van der Waals surface area contributed by atoms with E-state index in [1.165, 1.54) is 11.8 Å². The molecule has 0 unspecified atom stereocenters. The van der Waals surface area contributed by atoms with Crippen LogP contribution in [0.3, 0.4) is 0 Å². The molecule has 4 nitrogen and oxygen atoms in total. The Hall–Kier alpha value is -1.67. The molecule has 0 spiro atoms. The number of nitrogens with zero attached hydrogens (tertiary/aromatic N) is 1. The summed E-state index contributed by atoms with van der Waals surface area (Å²) < 4.78 is 0. The highest BCUT2D eigenvalue weighted by atomic mass is 32.2. The Balaban J connectivity index is 2.34. The Morgan fingerprint density at radius 1 is 1.47 bits per heavy atom. The van der Waals surface area contributed by atoms with Gasteiger partial charge in [-0.05, 0) is 24.3 Å². The van der Waals surface area contributed by atoms with Crippen LogP contribution in [0.25, 0.3) is 0 Å². The molecule has 0 fully saturated rings. The van der Waals surface area contributed by atoms with E-state index >= 15 is 0 Å². The largest absolute Gasteiger partial charge is 0.399 e. The molecule has 0 aliphatic heterocycles. The fourth-order valence-corrected chi connectivity index (χ4v) is 1.63. The van der Waals surface area contributed by atoms with Crippen molar-refractivity contribution in [3.8, 4) is 6.07 Å². The minimum Gasteiger partial charge on any atom is -0.399 e. The summed E-state index contributed by atoms with van der Waals surface area (Å²) in [5, 5.41) is 10.7. The first-order chi connectivity index (χ1) is 7.22.